The van der Waals surface area contributed by atoms with Crippen molar-refractivity contribution in [2.45, 2.75) is 45.3 Å². The number of piperidine rings is 1. The molecule has 4 rings (SSSR count). The van der Waals surface area contributed by atoms with Gasteiger partial charge < -0.3 is 10.1 Å². The molecule has 1 aromatic carbocycles. The zero-order valence-corrected chi connectivity index (χ0v) is 15.9. The number of aromatic nitrogens is 1. The van der Waals surface area contributed by atoms with Gasteiger partial charge in [-0.3, -0.25) is 4.90 Å². The molecule has 1 atom stereocenters. The monoisotopic (exact) mass is 357 g/mol. The molecule has 1 unspecified atom stereocenters. The molecule has 0 amide bonds. The molecule has 1 saturated carbocycles. The number of methoxy groups -OCH3 is 1. The van der Waals surface area contributed by atoms with Gasteiger partial charge in [0.05, 0.1) is 13.7 Å². The summed E-state index contributed by atoms with van der Waals surface area (Å²) in [6.07, 6.45) is 5.87. The van der Waals surface area contributed by atoms with Crippen molar-refractivity contribution in [2.75, 3.05) is 20.2 Å². The topological polar surface area (TPSA) is 37.4 Å². The first-order valence-electron chi connectivity index (χ1n) is 9.17. The van der Waals surface area contributed by atoms with E-state index >= 15 is 0 Å². The summed E-state index contributed by atoms with van der Waals surface area (Å²) in [5.74, 6) is 0.985. The Morgan fingerprint density at radius 2 is 2.16 bits per heavy atom. The minimum absolute atomic E-state index is 0.539. The fourth-order valence-electron chi connectivity index (χ4n) is 4.28. The van der Waals surface area contributed by atoms with Crippen molar-refractivity contribution < 1.29 is 4.74 Å². The number of hydrogen-bond donors (Lipinski definition) is 1. The van der Waals surface area contributed by atoms with E-state index < -0.39 is 0 Å². The van der Waals surface area contributed by atoms with Gasteiger partial charge in [-0.25, -0.2) is 4.98 Å². The number of nitrogens with one attached hydrogen (secondary N) is 1. The van der Waals surface area contributed by atoms with Crippen molar-refractivity contribution in [1.29, 1.82) is 0 Å². The Bertz CT molecular complexity index is 710. The summed E-state index contributed by atoms with van der Waals surface area (Å²) in [4.78, 5) is 7.18. The first-order chi connectivity index (χ1) is 12.2. The summed E-state index contributed by atoms with van der Waals surface area (Å²) in [5, 5.41) is 6.81. The summed E-state index contributed by atoms with van der Waals surface area (Å²) in [7, 11) is 1.75. The minimum atomic E-state index is 0.539. The highest BCUT2D eigenvalue weighted by Crippen LogP contribution is 2.56. The molecule has 1 aromatic heterocycles. The summed E-state index contributed by atoms with van der Waals surface area (Å²) < 4.78 is 5.52. The maximum absolute atomic E-state index is 5.52. The molecule has 2 fully saturated rings. The van der Waals surface area contributed by atoms with Crippen LogP contribution in [0.5, 0.6) is 5.75 Å². The average Bonchev–Trinajstić information content (AvgIpc) is 3.05. The molecular weight excluding hydrogens is 330 g/mol. The fraction of sp³-hybridized carbons (Fsp3) is 0.550. The highest BCUT2D eigenvalue weighted by Gasteiger charge is 2.56. The Kier molecular flexibility index (Phi) is 4.80. The van der Waals surface area contributed by atoms with Crippen LogP contribution in [0.2, 0.25) is 0 Å². The smallest absolute Gasteiger partial charge is 0.122 e. The van der Waals surface area contributed by atoms with Crippen LogP contribution in [-0.2, 0) is 13.1 Å². The maximum Gasteiger partial charge on any atom is 0.122 e. The van der Waals surface area contributed by atoms with Gasteiger partial charge in [-0.15, -0.1) is 11.3 Å². The van der Waals surface area contributed by atoms with Gasteiger partial charge in [-0.05, 0) is 61.9 Å². The van der Waals surface area contributed by atoms with E-state index in [9.17, 15) is 0 Å². The van der Waals surface area contributed by atoms with Gasteiger partial charge >= 0.3 is 0 Å². The molecule has 0 radical (unpaired) electrons. The Hall–Kier alpha value is -1.43. The molecule has 134 valence electrons. The van der Waals surface area contributed by atoms with Gasteiger partial charge in [0.2, 0.25) is 0 Å². The Balaban J connectivity index is 1.53. The third kappa shape index (κ3) is 3.59. The Morgan fingerprint density at radius 3 is 2.88 bits per heavy atom. The van der Waals surface area contributed by atoms with Crippen molar-refractivity contribution in [3.8, 4) is 5.75 Å². The van der Waals surface area contributed by atoms with Crippen molar-refractivity contribution in [1.82, 2.24) is 15.2 Å². The van der Waals surface area contributed by atoms with Crippen LogP contribution < -0.4 is 10.1 Å². The second kappa shape index (κ2) is 7.06. The molecule has 2 aromatic rings. The second-order valence-corrected chi connectivity index (χ2v) is 8.45. The number of benzene rings is 1. The molecule has 0 bridgehead atoms. The Morgan fingerprint density at radius 1 is 1.32 bits per heavy atom. The number of ether oxygens (including phenoxy) is 1. The van der Waals surface area contributed by atoms with Crippen LogP contribution in [0, 0.1) is 12.3 Å². The number of thiazole rings is 1. The van der Waals surface area contributed by atoms with E-state index in [1.54, 1.807) is 18.4 Å². The summed E-state index contributed by atoms with van der Waals surface area (Å²) >= 11 is 1.76. The number of aryl methyl sites for hydroxylation is 1. The van der Waals surface area contributed by atoms with Gasteiger partial charge in [-0.2, -0.15) is 0 Å². The van der Waals surface area contributed by atoms with Crippen LogP contribution in [0.25, 0.3) is 0 Å². The molecular formula is C20H27N3OS. The second-order valence-electron chi connectivity index (χ2n) is 7.47. The molecule has 1 saturated heterocycles. The highest BCUT2D eigenvalue weighted by molar-refractivity contribution is 7.09. The summed E-state index contributed by atoms with van der Waals surface area (Å²) in [6, 6.07) is 7.29. The molecule has 2 aliphatic rings. The summed E-state index contributed by atoms with van der Waals surface area (Å²) in [6.45, 7) is 6.35. The van der Waals surface area contributed by atoms with E-state index in [2.05, 4.69) is 45.7 Å². The minimum Gasteiger partial charge on any atom is -0.496 e. The highest BCUT2D eigenvalue weighted by atomic mass is 32.1. The zero-order chi connectivity index (χ0) is 17.3. The molecule has 1 spiro atoms. The lowest BCUT2D eigenvalue weighted by atomic mass is 9.93. The van der Waals surface area contributed by atoms with Gasteiger partial charge in [0, 0.05) is 24.2 Å². The third-order valence-electron chi connectivity index (χ3n) is 5.87. The van der Waals surface area contributed by atoms with E-state index in [0.29, 0.717) is 11.5 Å². The quantitative estimate of drug-likeness (QED) is 0.857. The van der Waals surface area contributed by atoms with Crippen LogP contribution in [0.15, 0.2) is 29.8 Å². The van der Waals surface area contributed by atoms with Crippen molar-refractivity contribution >= 4 is 11.3 Å². The molecule has 1 aliphatic heterocycles. The lowest BCUT2D eigenvalue weighted by Crippen LogP contribution is -2.35. The number of nitrogens with zero attached hydrogens (tertiary/aromatic N) is 2. The molecule has 5 heteroatoms. The molecule has 1 N–H and O–H groups in total. The normalized spacial score (nSPS) is 21.6. The van der Waals surface area contributed by atoms with E-state index in [1.165, 1.54) is 48.5 Å². The molecule has 2 heterocycles. The van der Waals surface area contributed by atoms with Gasteiger partial charge in [0.25, 0.3) is 0 Å². The van der Waals surface area contributed by atoms with Crippen LogP contribution in [0.1, 0.15) is 35.4 Å². The molecule has 1 aliphatic carbocycles. The predicted octanol–water partition coefficient (Wildman–Crippen LogP) is 3.60. The lowest BCUT2D eigenvalue weighted by molar-refractivity contribution is 0.187. The van der Waals surface area contributed by atoms with E-state index in [0.717, 1.165) is 18.8 Å². The number of rotatable bonds is 6. The standard InChI is InChI=1S/C20H27N3OS/c1-15-3-4-16(11-17(15)24-2)13-23(14-19-22-9-10-25-19)18-12-20(18)5-7-21-8-6-20/h3-4,9-11,18,21H,5-8,12-14H2,1-2H3. The largest absolute Gasteiger partial charge is 0.496 e. The van der Waals surface area contributed by atoms with Crippen LogP contribution in [-0.4, -0.2) is 36.1 Å². The van der Waals surface area contributed by atoms with Crippen LogP contribution in [0.4, 0.5) is 0 Å². The van der Waals surface area contributed by atoms with Crippen molar-refractivity contribution in [3.63, 3.8) is 0 Å². The fourth-order valence-corrected chi connectivity index (χ4v) is 4.92. The first kappa shape index (κ1) is 17.0. The predicted molar refractivity (Wildman–Crippen MR) is 102 cm³/mol. The van der Waals surface area contributed by atoms with Gasteiger partial charge in [0.15, 0.2) is 0 Å². The van der Waals surface area contributed by atoms with Gasteiger partial charge in [0.1, 0.15) is 10.8 Å². The maximum atomic E-state index is 5.52. The molecule has 4 nitrogen and oxygen atoms in total. The van der Waals surface area contributed by atoms with Crippen LogP contribution >= 0.6 is 11.3 Å². The molecule has 25 heavy (non-hydrogen) atoms. The number of hydrogen-bond acceptors (Lipinski definition) is 5. The van der Waals surface area contributed by atoms with Crippen LogP contribution in [0.3, 0.4) is 0 Å². The average molecular weight is 358 g/mol. The van der Waals surface area contributed by atoms with E-state index in [1.807, 2.05) is 6.20 Å². The SMILES string of the molecule is COc1cc(CN(Cc2nccs2)C2CC23CCNCC3)ccc1C. The summed E-state index contributed by atoms with van der Waals surface area (Å²) in [5.41, 5.74) is 3.06. The zero-order valence-electron chi connectivity index (χ0n) is 15.1. The first-order valence-corrected chi connectivity index (χ1v) is 10.0. The lowest BCUT2D eigenvalue weighted by Gasteiger charge is -2.29. The Labute approximate surface area is 154 Å². The van der Waals surface area contributed by atoms with Crippen molar-refractivity contribution in [2.24, 2.45) is 5.41 Å². The van der Waals surface area contributed by atoms with Crippen molar-refractivity contribution in [3.05, 3.63) is 45.9 Å². The third-order valence-corrected chi connectivity index (χ3v) is 6.63. The van der Waals surface area contributed by atoms with E-state index in [-0.39, 0.29) is 0 Å². The van der Waals surface area contributed by atoms with Gasteiger partial charge in [-0.1, -0.05) is 12.1 Å². The van der Waals surface area contributed by atoms with E-state index in [4.69, 9.17) is 4.74 Å².